The van der Waals surface area contributed by atoms with Crippen LogP contribution in [0.1, 0.15) is 6.92 Å². The Kier molecular flexibility index (Phi) is 4.60. The van der Waals surface area contributed by atoms with E-state index in [2.05, 4.69) is 0 Å². The van der Waals surface area contributed by atoms with Crippen LogP contribution in [-0.4, -0.2) is 32.0 Å². The zero-order valence-corrected chi connectivity index (χ0v) is 9.28. The van der Waals surface area contributed by atoms with Gasteiger partial charge in [0.25, 0.3) is 0 Å². The van der Waals surface area contributed by atoms with Crippen LogP contribution in [0.4, 0.5) is 0 Å². The summed E-state index contributed by atoms with van der Waals surface area (Å²) < 4.78 is 5.58. The standard InChI is InChI=1S/C10H15BO2P/c1-2-13-14(11,9-8-12)10-6-4-3-5-7-10/h3-7,12H,2,8-9H2,1H3/q+1. The highest BCUT2D eigenvalue weighted by Crippen LogP contribution is 2.53. The number of aliphatic hydroxyl groups is 1. The zero-order chi connectivity index (χ0) is 10.4. The third-order valence-electron chi connectivity index (χ3n) is 1.98. The van der Waals surface area contributed by atoms with Crippen molar-refractivity contribution in [2.24, 2.45) is 0 Å². The van der Waals surface area contributed by atoms with Crippen LogP contribution in [-0.2, 0) is 4.52 Å². The Bertz CT molecular complexity index is 260. The molecule has 1 aromatic carbocycles. The van der Waals surface area contributed by atoms with E-state index >= 15 is 0 Å². The van der Waals surface area contributed by atoms with Gasteiger partial charge in [-0.3, -0.25) is 4.52 Å². The minimum Gasteiger partial charge on any atom is -0.393 e. The highest BCUT2D eigenvalue weighted by atomic mass is 31.2. The third kappa shape index (κ3) is 2.81. The van der Waals surface area contributed by atoms with Crippen molar-refractivity contribution in [3.63, 3.8) is 0 Å². The molecule has 0 bridgehead atoms. The Morgan fingerprint density at radius 1 is 1.36 bits per heavy atom. The predicted octanol–water partition coefficient (Wildman–Crippen LogP) is 1.36. The third-order valence-corrected chi connectivity index (χ3v) is 4.74. The molecular formula is C10H15BO2P+. The molecule has 0 aliphatic rings. The topological polar surface area (TPSA) is 29.5 Å². The molecule has 0 aliphatic heterocycles. The highest BCUT2D eigenvalue weighted by molar-refractivity contribution is 7.99. The molecule has 14 heavy (non-hydrogen) atoms. The Morgan fingerprint density at radius 2 is 2.00 bits per heavy atom. The first-order valence-corrected chi connectivity index (χ1v) is 6.66. The average molecular weight is 209 g/mol. The zero-order valence-electron chi connectivity index (χ0n) is 8.39. The molecule has 2 nitrogen and oxygen atoms in total. The molecule has 1 N–H and O–H groups in total. The van der Waals surface area contributed by atoms with E-state index in [-0.39, 0.29) is 6.61 Å². The van der Waals surface area contributed by atoms with Crippen molar-refractivity contribution in [1.29, 1.82) is 0 Å². The lowest BCUT2D eigenvalue weighted by Crippen LogP contribution is -2.18. The van der Waals surface area contributed by atoms with Gasteiger partial charge in [0.15, 0.2) is 0 Å². The lowest BCUT2D eigenvalue weighted by molar-refractivity contribution is 0.311. The second-order valence-electron chi connectivity index (χ2n) is 3.00. The van der Waals surface area contributed by atoms with Crippen molar-refractivity contribution >= 4 is 20.2 Å². The van der Waals surface area contributed by atoms with Crippen molar-refractivity contribution in [2.45, 2.75) is 6.92 Å². The Labute approximate surface area is 87.1 Å². The first kappa shape index (κ1) is 11.7. The molecular weight excluding hydrogens is 194 g/mol. The molecule has 1 unspecified atom stereocenters. The lowest BCUT2D eigenvalue weighted by Gasteiger charge is -2.20. The molecule has 0 spiro atoms. The van der Waals surface area contributed by atoms with E-state index in [4.69, 9.17) is 17.2 Å². The summed E-state index contributed by atoms with van der Waals surface area (Å²) in [5.41, 5.74) is 0. The van der Waals surface area contributed by atoms with Crippen LogP contribution in [0.15, 0.2) is 30.3 Å². The van der Waals surface area contributed by atoms with Gasteiger partial charge in [0, 0.05) is 0 Å². The molecule has 4 heteroatoms. The van der Waals surface area contributed by atoms with Gasteiger partial charge in [-0.1, -0.05) is 18.2 Å². The van der Waals surface area contributed by atoms with Crippen LogP contribution in [0.25, 0.3) is 0 Å². The summed E-state index contributed by atoms with van der Waals surface area (Å²) in [7, 11) is 4.10. The molecule has 0 aliphatic carbocycles. The van der Waals surface area contributed by atoms with Crippen molar-refractivity contribution in [1.82, 2.24) is 0 Å². The number of aliphatic hydroxyl groups excluding tert-OH is 1. The van der Waals surface area contributed by atoms with Gasteiger partial charge in [-0.2, -0.15) is 0 Å². The molecule has 1 atom stereocenters. The minimum absolute atomic E-state index is 0.0686. The fraction of sp³-hybridized carbons (Fsp3) is 0.400. The summed E-state index contributed by atoms with van der Waals surface area (Å²) in [6.07, 6.45) is 0.519. The number of benzene rings is 1. The quantitative estimate of drug-likeness (QED) is 0.585. The van der Waals surface area contributed by atoms with Crippen LogP contribution in [0.3, 0.4) is 0 Å². The number of hydrogen-bond acceptors (Lipinski definition) is 2. The maximum Gasteiger partial charge on any atom is 0.408 e. The van der Waals surface area contributed by atoms with Crippen LogP contribution < -0.4 is 5.30 Å². The second kappa shape index (κ2) is 5.50. The van der Waals surface area contributed by atoms with Crippen molar-refractivity contribution < 1.29 is 9.63 Å². The predicted molar refractivity (Wildman–Crippen MR) is 62.3 cm³/mol. The van der Waals surface area contributed by atoms with Gasteiger partial charge in [-0.25, -0.2) is 0 Å². The van der Waals surface area contributed by atoms with Crippen LogP contribution in [0.5, 0.6) is 0 Å². The summed E-state index contributed by atoms with van der Waals surface area (Å²) in [6.45, 7) is 2.57. The van der Waals surface area contributed by atoms with E-state index in [0.717, 1.165) is 5.30 Å². The fourth-order valence-corrected chi connectivity index (χ4v) is 3.30. The summed E-state index contributed by atoms with van der Waals surface area (Å²) in [6, 6.07) is 9.73. The summed E-state index contributed by atoms with van der Waals surface area (Å²) in [5, 5.41) is 9.97. The molecule has 0 heterocycles. The smallest absolute Gasteiger partial charge is 0.393 e. The molecule has 2 radical (unpaired) electrons. The van der Waals surface area contributed by atoms with E-state index in [1.807, 2.05) is 37.3 Å². The molecule has 1 rings (SSSR count). The Morgan fingerprint density at radius 3 is 2.50 bits per heavy atom. The summed E-state index contributed by atoms with van der Waals surface area (Å²) in [5.74, 6) is 0. The van der Waals surface area contributed by atoms with Gasteiger partial charge in [0.1, 0.15) is 12.7 Å². The van der Waals surface area contributed by atoms with Crippen LogP contribution in [0, 0.1) is 0 Å². The Hall–Kier alpha value is -0.365. The molecule has 74 valence electrons. The van der Waals surface area contributed by atoms with E-state index in [0.29, 0.717) is 12.8 Å². The van der Waals surface area contributed by atoms with Gasteiger partial charge >= 0.3 is 7.57 Å². The van der Waals surface area contributed by atoms with Gasteiger partial charge in [0.05, 0.1) is 19.4 Å². The van der Waals surface area contributed by atoms with E-state index < -0.39 is 7.37 Å². The van der Waals surface area contributed by atoms with Crippen LogP contribution in [0.2, 0.25) is 0 Å². The number of hydrogen-bond donors (Lipinski definition) is 1. The molecule has 0 saturated carbocycles. The minimum atomic E-state index is -2.07. The Balaban J connectivity index is 2.87. The molecule has 0 fully saturated rings. The highest BCUT2D eigenvalue weighted by Gasteiger charge is 2.35. The van der Waals surface area contributed by atoms with Crippen molar-refractivity contribution in [2.75, 3.05) is 19.4 Å². The average Bonchev–Trinajstić information content (AvgIpc) is 2.20. The fourth-order valence-electron chi connectivity index (χ4n) is 1.33. The summed E-state index contributed by atoms with van der Waals surface area (Å²) in [4.78, 5) is 0. The first-order chi connectivity index (χ1) is 6.73. The van der Waals surface area contributed by atoms with Crippen molar-refractivity contribution in [3.8, 4) is 0 Å². The van der Waals surface area contributed by atoms with E-state index in [1.54, 1.807) is 0 Å². The first-order valence-electron chi connectivity index (χ1n) is 4.70. The number of rotatable bonds is 5. The van der Waals surface area contributed by atoms with Crippen molar-refractivity contribution in [3.05, 3.63) is 30.3 Å². The van der Waals surface area contributed by atoms with Gasteiger partial charge in [0.2, 0.25) is 0 Å². The maximum atomic E-state index is 8.96. The molecule has 1 aromatic rings. The van der Waals surface area contributed by atoms with Gasteiger partial charge < -0.3 is 5.11 Å². The largest absolute Gasteiger partial charge is 0.408 e. The summed E-state index contributed by atoms with van der Waals surface area (Å²) >= 11 is 0. The maximum absolute atomic E-state index is 8.96. The van der Waals surface area contributed by atoms with Crippen LogP contribution >= 0.6 is 7.37 Å². The second-order valence-corrected chi connectivity index (χ2v) is 5.81. The normalized spacial score (nSPS) is 15.0. The lowest BCUT2D eigenvalue weighted by atomic mass is 10.4. The molecule has 0 saturated heterocycles. The van der Waals surface area contributed by atoms with E-state index in [1.165, 1.54) is 0 Å². The molecule has 0 amide bonds. The van der Waals surface area contributed by atoms with E-state index in [9.17, 15) is 0 Å². The molecule has 0 aromatic heterocycles. The van der Waals surface area contributed by atoms with Gasteiger partial charge in [-0.15, -0.1) is 0 Å². The SMILES string of the molecule is [B][P+](CCO)(OCC)c1ccccc1. The van der Waals surface area contributed by atoms with Gasteiger partial charge in [-0.05, 0) is 19.1 Å². The monoisotopic (exact) mass is 209 g/mol.